The summed E-state index contributed by atoms with van der Waals surface area (Å²) in [5, 5.41) is 3.13. The number of pyridine rings is 1. The van der Waals surface area contributed by atoms with Gasteiger partial charge in [0.1, 0.15) is 6.61 Å². The van der Waals surface area contributed by atoms with Crippen molar-refractivity contribution in [1.29, 1.82) is 0 Å². The van der Waals surface area contributed by atoms with E-state index >= 15 is 0 Å². The van der Waals surface area contributed by atoms with Crippen LogP contribution in [0.4, 0.5) is 13.2 Å². The second kappa shape index (κ2) is 8.15. The molecule has 3 N–H and O–H groups in total. The lowest BCUT2D eigenvalue weighted by Crippen LogP contribution is -2.35. The van der Waals surface area contributed by atoms with Gasteiger partial charge in [0.05, 0.1) is 6.04 Å². The molecule has 0 radical (unpaired) electrons. The number of nitrogens with two attached hydrogens (primary N) is 1. The van der Waals surface area contributed by atoms with Gasteiger partial charge in [-0.2, -0.15) is 0 Å². The number of aliphatic imine (C=N–C) groups is 1. The topological polar surface area (TPSA) is 72.5 Å². The minimum Gasteiger partial charge on any atom is -0.474 e. The first-order valence-corrected chi connectivity index (χ1v) is 7.75. The van der Waals surface area contributed by atoms with Gasteiger partial charge in [0.25, 0.3) is 6.43 Å². The zero-order valence-electron chi connectivity index (χ0n) is 14.0. The van der Waals surface area contributed by atoms with Gasteiger partial charge in [-0.05, 0) is 25.5 Å². The molecule has 0 saturated heterocycles. The number of nitrogens with zero attached hydrogens (tertiary/aromatic N) is 2. The molecule has 2 unspecified atom stereocenters. The molecule has 0 fully saturated rings. The lowest BCUT2D eigenvalue weighted by atomic mass is 10.0. The minimum absolute atomic E-state index is 0.0917. The molecule has 2 rings (SSSR count). The van der Waals surface area contributed by atoms with Crippen molar-refractivity contribution < 1.29 is 17.9 Å². The fourth-order valence-electron chi connectivity index (χ4n) is 2.03. The summed E-state index contributed by atoms with van der Waals surface area (Å²) in [6.07, 6.45) is 3.69. The van der Waals surface area contributed by atoms with Crippen LogP contribution >= 0.6 is 0 Å². The maximum Gasteiger partial charge on any atom is 0.275 e. The summed E-state index contributed by atoms with van der Waals surface area (Å²) in [6, 6.07) is 3.02. The van der Waals surface area contributed by atoms with E-state index in [-0.39, 0.29) is 11.9 Å². The van der Waals surface area contributed by atoms with E-state index in [2.05, 4.69) is 15.3 Å². The summed E-state index contributed by atoms with van der Waals surface area (Å²) in [4.78, 5) is 8.17. The first-order chi connectivity index (χ1) is 11.8. The Morgan fingerprint density at radius 1 is 1.44 bits per heavy atom. The summed E-state index contributed by atoms with van der Waals surface area (Å²) in [6.45, 7) is 2.40. The molecular formula is C17H21F3N4O. The van der Waals surface area contributed by atoms with Gasteiger partial charge in [-0.1, -0.05) is 6.07 Å². The van der Waals surface area contributed by atoms with E-state index in [1.165, 1.54) is 12.3 Å². The van der Waals surface area contributed by atoms with E-state index in [4.69, 9.17) is 10.5 Å². The van der Waals surface area contributed by atoms with Crippen LogP contribution in [0.15, 0.2) is 47.4 Å². The Morgan fingerprint density at radius 3 is 2.80 bits per heavy atom. The number of rotatable bonds is 7. The van der Waals surface area contributed by atoms with Crippen molar-refractivity contribution in [3.05, 3.63) is 47.9 Å². The second-order valence-corrected chi connectivity index (χ2v) is 5.93. The Bertz CT molecular complexity index is 669. The first-order valence-electron chi connectivity index (χ1n) is 7.75. The van der Waals surface area contributed by atoms with E-state index in [9.17, 15) is 13.2 Å². The Morgan fingerprint density at radius 2 is 2.20 bits per heavy atom. The van der Waals surface area contributed by atoms with Gasteiger partial charge in [0.2, 0.25) is 11.5 Å². The first kappa shape index (κ1) is 19.0. The van der Waals surface area contributed by atoms with Gasteiger partial charge in [-0.3, -0.25) is 4.99 Å². The molecule has 1 aromatic heterocycles. The SMILES string of the molecule is CC1=NC=CC(N)/C1=C\NCc1ccc(OCC(C)(F)C(F)F)nc1. The standard InChI is InChI=1S/C17H21F3N4O/c1-11-13(14(21)5-6-23-11)9-22-7-12-3-4-15(24-8-12)25-10-17(2,20)16(18)19/h3-6,8-9,14,16,22H,7,10,21H2,1-2H3/b13-9-. The second-order valence-electron chi connectivity index (χ2n) is 5.93. The van der Waals surface area contributed by atoms with Gasteiger partial charge in [-0.15, -0.1) is 0 Å². The van der Waals surface area contributed by atoms with Gasteiger partial charge in [0.15, 0.2) is 0 Å². The molecule has 0 spiro atoms. The molecule has 5 nitrogen and oxygen atoms in total. The average Bonchev–Trinajstić information content (AvgIpc) is 2.56. The van der Waals surface area contributed by atoms with Crippen molar-refractivity contribution in [3.63, 3.8) is 0 Å². The number of alkyl halides is 3. The van der Waals surface area contributed by atoms with E-state index < -0.39 is 18.7 Å². The maximum absolute atomic E-state index is 13.4. The minimum atomic E-state index is -3.11. The predicted molar refractivity (Wildman–Crippen MR) is 90.4 cm³/mol. The molecule has 136 valence electrons. The van der Waals surface area contributed by atoms with Crippen molar-refractivity contribution in [2.24, 2.45) is 10.7 Å². The quantitative estimate of drug-likeness (QED) is 0.790. The third-order valence-electron chi connectivity index (χ3n) is 3.66. The van der Waals surface area contributed by atoms with Gasteiger partial charge in [-0.25, -0.2) is 18.2 Å². The molecule has 0 saturated carbocycles. The molecule has 0 aromatic carbocycles. The Hall–Kier alpha value is -2.35. The fraction of sp³-hybridized carbons (Fsp3) is 0.412. The molecule has 25 heavy (non-hydrogen) atoms. The van der Waals surface area contributed by atoms with Crippen LogP contribution in [-0.4, -0.2) is 35.4 Å². The van der Waals surface area contributed by atoms with Crippen LogP contribution < -0.4 is 15.8 Å². The lowest BCUT2D eigenvalue weighted by Gasteiger charge is -2.19. The Balaban J connectivity index is 1.87. The van der Waals surface area contributed by atoms with Crippen LogP contribution in [0, 0.1) is 0 Å². The highest BCUT2D eigenvalue weighted by Gasteiger charge is 2.36. The van der Waals surface area contributed by atoms with Gasteiger partial charge < -0.3 is 15.8 Å². The molecule has 1 aliphatic heterocycles. The van der Waals surface area contributed by atoms with Gasteiger partial charge in [0, 0.05) is 42.5 Å². The van der Waals surface area contributed by atoms with Crippen molar-refractivity contribution >= 4 is 5.71 Å². The van der Waals surface area contributed by atoms with Crippen molar-refractivity contribution in [3.8, 4) is 5.88 Å². The van der Waals surface area contributed by atoms with Crippen molar-refractivity contribution in [2.75, 3.05) is 6.61 Å². The van der Waals surface area contributed by atoms with E-state index in [0.29, 0.717) is 6.54 Å². The largest absolute Gasteiger partial charge is 0.474 e. The van der Waals surface area contributed by atoms with Gasteiger partial charge >= 0.3 is 0 Å². The number of nitrogens with one attached hydrogen (secondary N) is 1. The maximum atomic E-state index is 13.4. The van der Waals surface area contributed by atoms with Crippen molar-refractivity contribution in [2.45, 2.75) is 38.5 Å². The van der Waals surface area contributed by atoms with Crippen LogP contribution in [0.5, 0.6) is 5.88 Å². The summed E-state index contributed by atoms with van der Waals surface area (Å²) in [7, 11) is 0. The van der Waals surface area contributed by atoms with E-state index in [1.54, 1.807) is 24.5 Å². The monoisotopic (exact) mass is 354 g/mol. The van der Waals surface area contributed by atoms with Crippen LogP contribution in [0.25, 0.3) is 0 Å². The smallest absolute Gasteiger partial charge is 0.275 e. The highest BCUT2D eigenvalue weighted by molar-refractivity contribution is 6.00. The molecule has 0 amide bonds. The summed E-state index contributed by atoms with van der Waals surface area (Å²) < 4.78 is 43.3. The van der Waals surface area contributed by atoms with Crippen molar-refractivity contribution in [1.82, 2.24) is 10.3 Å². The zero-order chi connectivity index (χ0) is 18.4. The molecule has 0 bridgehead atoms. The number of ether oxygens (including phenoxy) is 1. The molecule has 1 aliphatic rings. The number of halogens is 3. The molecule has 2 heterocycles. The van der Waals surface area contributed by atoms with E-state index in [0.717, 1.165) is 23.8 Å². The summed E-state index contributed by atoms with van der Waals surface area (Å²) >= 11 is 0. The number of hydrogen-bond acceptors (Lipinski definition) is 5. The molecule has 0 aliphatic carbocycles. The molecule has 1 aromatic rings. The summed E-state index contributed by atoms with van der Waals surface area (Å²) in [5.41, 5.74) is 5.84. The highest BCUT2D eigenvalue weighted by atomic mass is 19.3. The third-order valence-corrected chi connectivity index (χ3v) is 3.66. The Kier molecular flexibility index (Phi) is 6.19. The zero-order valence-corrected chi connectivity index (χ0v) is 14.0. The highest BCUT2D eigenvalue weighted by Crippen LogP contribution is 2.21. The Labute approximate surface area is 144 Å². The number of hydrogen-bond donors (Lipinski definition) is 2. The predicted octanol–water partition coefficient (Wildman–Crippen LogP) is 2.74. The number of aromatic nitrogens is 1. The van der Waals surface area contributed by atoms with Crippen LogP contribution in [-0.2, 0) is 6.54 Å². The summed E-state index contributed by atoms with van der Waals surface area (Å²) in [5.74, 6) is 0.0917. The van der Waals surface area contributed by atoms with Crippen LogP contribution in [0.3, 0.4) is 0 Å². The third kappa shape index (κ3) is 5.32. The van der Waals surface area contributed by atoms with E-state index in [1.807, 2.05) is 6.92 Å². The normalized spacial score (nSPS) is 21.2. The average molecular weight is 354 g/mol. The molecular weight excluding hydrogens is 333 g/mol. The molecule has 8 heteroatoms. The molecule has 2 atom stereocenters. The van der Waals surface area contributed by atoms with Crippen LogP contribution in [0.1, 0.15) is 19.4 Å². The fourth-order valence-corrected chi connectivity index (χ4v) is 2.03. The van der Waals surface area contributed by atoms with Crippen LogP contribution in [0.2, 0.25) is 0 Å². The lowest BCUT2D eigenvalue weighted by molar-refractivity contribution is -0.0490.